The zero-order valence-corrected chi connectivity index (χ0v) is 13.4. The van der Waals surface area contributed by atoms with Crippen molar-refractivity contribution in [2.24, 2.45) is 5.73 Å². The van der Waals surface area contributed by atoms with Gasteiger partial charge in [0.2, 0.25) is 0 Å². The smallest absolute Gasteiger partial charge is 0.150 e. The second-order valence-corrected chi connectivity index (χ2v) is 8.23. The lowest BCUT2D eigenvalue weighted by Crippen LogP contribution is -2.32. The van der Waals surface area contributed by atoms with Crippen molar-refractivity contribution in [3.63, 3.8) is 0 Å². The largest absolute Gasteiger partial charge is 0.389 e. The fraction of sp³-hybridized carbons (Fsp3) is 0.417. The van der Waals surface area contributed by atoms with Gasteiger partial charge < -0.3 is 11.1 Å². The molecule has 0 atom stereocenters. The standard InChI is InChI=1S/C12H15BrN2O2S2/c13-10-7-8(12(14)18)1-2-11(10)15-9-3-5-19(16,17)6-4-9/h1-2,7,9,15H,3-6H2,(H2,14,18). The lowest BCUT2D eigenvalue weighted by molar-refractivity contribution is 0.559. The van der Waals surface area contributed by atoms with Gasteiger partial charge in [-0.25, -0.2) is 8.42 Å². The molecule has 1 saturated heterocycles. The van der Waals surface area contributed by atoms with Crippen molar-refractivity contribution in [2.75, 3.05) is 16.8 Å². The van der Waals surface area contributed by atoms with Crippen LogP contribution in [0.15, 0.2) is 22.7 Å². The molecule has 0 bridgehead atoms. The Bertz CT molecular complexity index is 588. The molecule has 104 valence electrons. The number of sulfone groups is 1. The van der Waals surface area contributed by atoms with E-state index in [1.165, 1.54) is 0 Å². The molecule has 2 rings (SSSR count). The summed E-state index contributed by atoms with van der Waals surface area (Å²) in [6, 6.07) is 5.82. The lowest BCUT2D eigenvalue weighted by Gasteiger charge is -2.24. The third-order valence-corrected chi connectivity index (χ3v) is 5.78. The summed E-state index contributed by atoms with van der Waals surface area (Å²) in [5.74, 6) is 0.514. The first-order valence-corrected chi connectivity index (χ1v) is 8.96. The highest BCUT2D eigenvalue weighted by molar-refractivity contribution is 9.10. The summed E-state index contributed by atoms with van der Waals surface area (Å²) in [5.41, 5.74) is 7.31. The van der Waals surface area contributed by atoms with Crippen LogP contribution in [0.2, 0.25) is 0 Å². The van der Waals surface area contributed by atoms with E-state index < -0.39 is 9.84 Å². The summed E-state index contributed by atoms with van der Waals surface area (Å²) in [6.45, 7) is 0. The van der Waals surface area contributed by atoms with Gasteiger partial charge in [-0.05, 0) is 47.0 Å². The molecule has 19 heavy (non-hydrogen) atoms. The number of benzene rings is 1. The molecule has 4 nitrogen and oxygen atoms in total. The van der Waals surface area contributed by atoms with Gasteiger partial charge in [0, 0.05) is 21.8 Å². The maximum Gasteiger partial charge on any atom is 0.150 e. The van der Waals surface area contributed by atoms with E-state index in [2.05, 4.69) is 21.2 Å². The van der Waals surface area contributed by atoms with E-state index in [1.807, 2.05) is 18.2 Å². The van der Waals surface area contributed by atoms with Gasteiger partial charge in [-0.3, -0.25) is 0 Å². The third-order valence-electron chi connectivity index (χ3n) is 3.17. The Morgan fingerprint density at radius 3 is 2.53 bits per heavy atom. The van der Waals surface area contributed by atoms with Crippen LogP contribution in [0.25, 0.3) is 0 Å². The summed E-state index contributed by atoms with van der Waals surface area (Å²) in [7, 11) is -2.82. The summed E-state index contributed by atoms with van der Waals surface area (Å²) >= 11 is 8.39. The van der Waals surface area contributed by atoms with E-state index in [0.29, 0.717) is 17.8 Å². The average molecular weight is 363 g/mol. The van der Waals surface area contributed by atoms with Crippen molar-refractivity contribution in [3.8, 4) is 0 Å². The number of thiocarbonyl (C=S) groups is 1. The van der Waals surface area contributed by atoms with Gasteiger partial charge in [-0.1, -0.05) is 12.2 Å². The van der Waals surface area contributed by atoms with Gasteiger partial charge in [-0.2, -0.15) is 0 Å². The zero-order valence-electron chi connectivity index (χ0n) is 10.2. The quantitative estimate of drug-likeness (QED) is 0.805. The number of halogens is 1. The van der Waals surface area contributed by atoms with Crippen molar-refractivity contribution < 1.29 is 8.42 Å². The topological polar surface area (TPSA) is 72.2 Å². The summed E-state index contributed by atoms with van der Waals surface area (Å²) in [5, 5.41) is 3.36. The van der Waals surface area contributed by atoms with Crippen molar-refractivity contribution in [1.82, 2.24) is 0 Å². The molecule has 1 aliphatic heterocycles. The van der Waals surface area contributed by atoms with Gasteiger partial charge in [0.25, 0.3) is 0 Å². The Hall–Kier alpha value is -0.660. The monoisotopic (exact) mass is 362 g/mol. The highest BCUT2D eigenvalue weighted by atomic mass is 79.9. The van der Waals surface area contributed by atoms with Crippen LogP contribution < -0.4 is 11.1 Å². The molecule has 0 saturated carbocycles. The number of hydrogen-bond acceptors (Lipinski definition) is 4. The molecule has 7 heteroatoms. The van der Waals surface area contributed by atoms with Crippen molar-refractivity contribution in [2.45, 2.75) is 18.9 Å². The molecule has 1 aromatic carbocycles. The Kier molecular flexibility index (Phi) is 4.47. The molecule has 1 fully saturated rings. The minimum Gasteiger partial charge on any atom is -0.389 e. The zero-order chi connectivity index (χ0) is 14.0. The number of hydrogen-bond donors (Lipinski definition) is 2. The van der Waals surface area contributed by atoms with E-state index in [1.54, 1.807) is 0 Å². The normalized spacial score (nSPS) is 19.0. The SMILES string of the molecule is NC(=S)c1ccc(NC2CCS(=O)(=O)CC2)c(Br)c1. The summed E-state index contributed by atoms with van der Waals surface area (Å²) in [6.07, 6.45) is 1.29. The highest BCUT2D eigenvalue weighted by Crippen LogP contribution is 2.26. The van der Waals surface area contributed by atoms with Crippen LogP contribution in [0.4, 0.5) is 5.69 Å². The summed E-state index contributed by atoms with van der Waals surface area (Å²) < 4.78 is 23.6. The minimum atomic E-state index is -2.82. The molecular weight excluding hydrogens is 348 g/mol. The molecule has 1 aromatic rings. The van der Waals surface area contributed by atoms with E-state index >= 15 is 0 Å². The molecule has 1 heterocycles. The maximum absolute atomic E-state index is 11.4. The molecule has 0 aliphatic carbocycles. The Balaban J connectivity index is 2.06. The van der Waals surface area contributed by atoms with Crippen LogP contribution in [0.1, 0.15) is 18.4 Å². The van der Waals surface area contributed by atoms with Gasteiger partial charge in [-0.15, -0.1) is 0 Å². The maximum atomic E-state index is 11.4. The van der Waals surface area contributed by atoms with Crippen molar-refractivity contribution >= 4 is 48.7 Å². The second-order valence-electron chi connectivity index (χ2n) is 4.63. The predicted molar refractivity (Wildman–Crippen MR) is 85.3 cm³/mol. The van der Waals surface area contributed by atoms with Gasteiger partial charge in [0.15, 0.2) is 0 Å². The molecule has 0 spiro atoms. The molecule has 0 unspecified atom stereocenters. The first kappa shape index (κ1) is 14.7. The molecule has 0 amide bonds. The van der Waals surface area contributed by atoms with E-state index in [0.717, 1.165) is 15.7 Å². The first-order valence-electron chi connectivity index (χ1n) is 5.94. The molecule has 3 N–H and O–H groups in total. The summed E-state index contributed by atoms with van der Waals surface area (Å²) in [4.78, 5) is 0.357. The van der Waals surface area contributed by atoms with E-state index in [4.69, 9.17) is 18.0 Å². The van der Waals surface area contributed by atoms with Crippen molar-refractivity contribution in [3.05, 3.63) is 28.2 Å². The van der Waals surface area contributed by atoms with Crippen LogP contribution in [0.5, 0.6) is 0 Å². The van der Waals surface area contributed by atoms with Crippen LogP contribution in [-0.2, 0) is 9.84 Å². The fourth-order valence-electron chi connectivity index (χ4n) is 2.04. The van der Waals surface area contributed by atoms with Gasteiger partial charge in [0.1, 0.15) is 14.8 Å². The van der Waals surface area contributed by atoms with Crippen LogP contribution in [0.3, 0.4) is 0 Å². The van der Waals surface area contributed by atoms with Crippen LogP contribution in [-0.4, -0.2) is 31.0 Å². The van der Waals surface area contributed by atoms with E-state index in [-0.39, 0.29) is 17.5 Å². The lowest BCUT2D eigenvalue weighted by atomic mass is 10.1. The molecule has 1 aliphatic rings. The minimum absolute atomic E-state index is 0.190. The molecule has 0 aromatic heterocycles. The number of nitrogens with one attached hydrogen (secondary N) is 1. The Labute approximate surface area is 126 Å². The number of nitrogens with two attached hydrogens (primary N) is 1. The van der Waals surface area contributed by atoms with Crippen molar-refractivity contribution in [1.29, 1.82) is 0 Å². The van der Waals surface area contributed by atoms with E-state index in [9.17, 15) is 8.42 Å². The molecule has 0 radical (unpaired) electrons. The Morgan fingerprint density at radius 1 is 1.37 bits per heavy atom. The average Bonchev–Trinajstić information content (AvgIpc) is 2.34. The number of anilines is 1. The molecular formula is C12H15BrN2O2S2. The third kappa shape index (κ3) is 3.90. The Morgan fingerprint density at radius 2 is 2.00 bits per heavy atom. The fourth-order valence-corrected chi connectivity index (χ4v) is 4.15. The number of rotatable bonds is 3. The second kappa shape index (κ2) is 5.76. The predicted octanol–water partition coefficient (Wildman–Crippen LogP) is 2.07. The highest BCUT2D eigenvalue weighted by Gasteiger charge is 2.23. The van der Waals surface area contributed by atoms with Crippen LogP contribution >= 0.6 is 28.1 Å². The van der Waals surface area contributed by atoms with Crippen LogP contribution in [0, 0.1) is 0 Å². The van der Waals surface area contributed by atoms with Gasteiger partial charge in [0.05, 0.1) is 11.5 Å². The first-order chi connectivity index (χ1) is 8.87. The van der Waals surface area contributed by atoms with Gasteiger partial charge >= 0.3 is 0 Å².